The van der Waals surface area contributed by atoms with E-state index < -0.39 is 12.1 Å². The Bertz CT molecular complexity index is 893. The fraction of sp³-hybridized carbons (Fsp3) is 0.304. The van der Waals surface area contributed by atoms with E-state index >= 15 is 0 Å². The second-order valence-corrected chi connectivity index (χ2v) is 6.76. The van der Waals surface area contributed by atoms with Gasteiger partial charge in [0, 0.05) is 23.4 Å². The molecule has 0 fully saturated rings. The smallest absolute Gasteiger partial charge is 0.337 e. The van der Waals surface area contributed by atoms with Crippen LogP contribution in [0.3, 0.4) is 0 Å². The summed E-state index contributed by atoms with van der Waals surface area (Å²) in [7, 11) is 1.34. The van der Waals surface area contributed by atoms with E-state index in [-0.39, 0.29) is 5.91 Å². The van der Waals surface area contributed by atoms with Crippen LogP contribution < -0.4 is 5.32 Å². The molecule has 0 saturated heterocycles. The van der Waals surface area contributed by atoms with Crippen molar-refractivity contribution in [2.75, 3.05) is 19.0 Å². The van der Waals surface area contributed by atoms with Crippen molar-refractivity contribution in [1.29, 1.82) is 0 Å². The van der Waals surface area contributed by atoms with E-state index in [2.05, 4.69) is 17.2 Å². The molecule has 0 aliphatic rings. The SMILES string of the molecule is COC(=O)c1cccc(C#Cc2cccc(NC(=O)[C@@H](C)OCC(C)C)c2)c1. The highest BCUT2D eigenvalue weighted by Crippen LogP contribution is 2.12. The summed E-state index contributed by atoms with van der Waals surface area (Å²) in [5.41, 5.74) is 2.55. The first-order chi connectivity index (χ1) is 13.4. The van der Waals surface area contributed by atoms with Crippen LogP contribution in [0.15, 0.2) is 48.5 Å². The second-order valence-electron chi connectivity index (χ2n) is 6.76. The van der Waals surface area contributed by atoms with Gasteiger partial charge in [-0.3, -0.25) is 4.79 Å². The fourth-order valence-corrected chi connectivity index (χ4v) is 2.32. The standard InChI is InChI=1S/C23H25NO4/c1-16(2)15-28-17(3)22(25)24-21-10-6-8-19(14-21)12-11-18-7-5-9-20(13-18)23(26)27-4/h5-10,13-14,16-17H,15H2,1-4H3,(H,24,25)/t17-/m1/s1. The van der Waals surface area contributed by atoms with E-state index in [9.17, 15) is 9.59 Å². The molecule has 0 aromatic heterocycles. The summed E-state index contributed by atoms with van der Waals surface area (Å²) in [4.78, 5) is 23.8. The number of amides is 1. The number of hydrogen-bond acceptors (Lipinski definition) is 4. The second kappa shape index (κ2) is 10.3. The lowest BCUT2D eigenvalue weighted by Gasteiger charge is -2.14. The highest BCUT2D eigenvalue weighted by Gasteiger charge is 2.14. The Morgan fingerprint density at radius 2 is 1.64 bits per heavy atom. The van der Waals surface area contributed by atoms with E-state index in [4.69, 9.17) is 9.47 Å². The quantitative estimate of drug-likeness (QED) is 0.611. The fourth-order valence-electron chi connectivity index (χ4n) is 2.32. The number of carbonyl (C=O) groups excluding carboxylic acids is 2. The number of methoxy groups -OCH3 is 1. The first-order valence-electron chi connectivity index (χ1n) is 9.12. The zero-order valence-electron chi connectivity index (χ0n) is 16.6. The third-order valence-corrected chi connectivity index (χ3v) is 3.81. The van der Waals surface area contributed by atoms with Crippen LogP contribution in [0.2, 0.25) is 0 Å². The lowest BCUT2D eigenvalue weighted by atomic mass is 10.1. The van der Waals surface area contributed by atoms with Gasteiger partial charge in [-0.15, -0.1) is 0 Å². The summed E-state index contributed by atoms with van der Waals surface area (Å²) in [5.74, 6) is 5.83. The third kappa shape index (κ3) is 6.57. The van der Waals surface area contributed by atoms with Crippen LogP contribution in [0.4, 0.5) is 5.69 Å². The molecule has 0 aliphatic carbocycles. The van der Waals surface area contributed by atoms with E-state index in [1.807, 2.05) is 32.0 Å². The number of anilines is 1. The first kappa shape index (κ1) is 21.2. The van der Waals surface area contributed by atoms with Gasteiger partial charge >= 0.3 is 5.97 Å². The zero-order valence-corrected chi connectivity index (χ0v) is 16.6. The number of rotatable bonds is 6. The van der Waals surface area contributed by atoms with Gasteiger partial charge in [0.15, 0.2) is 0 Å². The van der Waals surface area contributed by atoms with Crippen molar-refractivity contribution in [3.63, 3.8) is 0 Å². The molecule has 1 amide bonds. The highest BCUT2D eigenvalue weighted by molar-refractivity contribution is 5.94. The van der Waals surface area contributed by atoms with Gasteiger partial charge in [0.1, 0.15) is 6.10 Å². The summed E-state index contributed by atoms with van der Waals surface area (Å²) < 4.78 is 10.3. The van der Waals surface area contributed by atoms with Crippen LogP contribution in [0.1, 0.15) is 42.3 Å². The minimum absolute atomic E-state index is 0.198. The van der Waals surface area contributed by atoms with Gasteiger partial charge < -0.3 is 14.8 Å². The molecular weight excluding hydrogens is 354 g/mol. The molecule has 0 unspecified atom stereocenters. The first-order valence-corrected chi connectivity index (χ1v) is 9.12. The summed E-state index contributed by atoms with van der Waals surface area (Å²) in [6.07, 6.45) is -0.529. The van der Waals surface area contributed by atoms with Crippen LogP contribution in [-0.2, 0) is 14.3 Å². The average Bonchev–Trinajstić information content (AvgIpc) is 2.70. The Balaban J connectivity index is 2.07. The topological polar surface area (TPSA) is 64.6 Å². The van der Waals surface area contributed by atoms with Gasteiger partial charge in [-0.05, 0) is 49.2 Å². The Morgan fingerprint density at radius 1 is 1.00 bits per heavy atom. The van der Waals surface area contributed by atoms with Gasteiger partial charge in [-0.2, -0.15) is 0 Å². The molecule has 2 aromatic rings. The summed E-state index contributed by atoms with van der Waals surface area (Å²) >= 11 is 0. The van der Waals surface area contributed by atoms with Crippen molar-refractivity contribution in [3.05, 3.63) is 65.2 Å². The zero-order chi connectivity index (χ0) is 20.5. The number of hydrogen-bond donors (Lipinski definition) is 1. The predicted molar refractivity (Wildman–Crippen MR) is 109 cm³/mol. The lowest BCUT2D eigenvalue weighted by Crippen LogP contribution is -2.28. The van der Waals surface area contributed by atoms with Crippen LogP contribution in [-0.4, -0.2) is 31.7 Å². The van der Waals surface area contributed by atoms with Crippen LogP contribution >= 0.6 is 0 Å². The maximum atomic E-state index is 12.2. The Labute approximate surface area is 166 Å². The molecule has 0 spiro atoms. The van der Waals surface area contributed by atoms with Gasteiger partial charge in [-0.25, -0.2) is 4.79 Å². The third-order valence-electron chi connectivity index (χ3n) is 3.81. The molecule has 2 aromatic carbocycles. The maximum absolute atomic E-state index is 12.2. The molecule has 28 heavy (non-hydrogen) atoms. The number of ether oxygens (including phenoxy) is 2. The molecule has 1 N–H and O–H groups in total. The molecule has 0 saturated carbocycles. The van der Waals surface area contributed by atoms with Crippen LogP contribution in [0.5, 0.6) is 0 Å². The molecule has 0 heterocycles. The monoisotopic (exact) mass is 379 g/mol. The minimum atomic E-state index is -0.529. The van der Waals surface area contributed by atoms with E-state index in [0.29, 0.717) is 29.3 Å². The summed E-state index contributed by atoms with van der Waals surface area (Å²) in [6, 6.07) is 14.2. The Morgan fingerprint density at radius 3 is 2.29 bits per heavy atom. The maximum Gasteiger partial charge on any atom is 0.337 e. The van der Waals surface area contributed by atoms with Crippen molar-refractivity contribution >= 4 is 17.6 Å². The molecular formula is C23H25NO4. The van der Waals surface area contributed by atoms with Gasteiger partial charge in [0.05, 0.1) is 12.7 Å². The van der Waals surface area contributed by atoms with Gasteiger partial charge in [0.2, 0.25) is 0 Å². The molecule has 0 radical (unpaired) electrons. The number of carbonyl (C=O) groups is 2. The largest absolute Gasteiger partial charge is 0.465 e. The number of esters is 1. The van der Waals surface area contributed by atoms with Gasteiger partial charge in [-0.1, -0.05) is 37.8 Å². The molecule has 146 valence electrons. The number of benzene rings is 2. The molecule has 1 atom stereocenters. The van der Waals surface area contributed by atoms with Gasteiger partial charge in [0.25, 0.3) is 5.91 Å². The van der Waals surface area contributed by atoms with Crippen LogP contribution in [0, 0.1) is 17.8 Å². The predicted octanol–water partition coefficient (Wildman–Crippen LogP) is 3.87. The summed E-state index contributed by atoms with van der Waals surface area (Å²) in [6.45, 7) is 6.34. The van der Waals surface area contributed by atoms with E-state index in [0.717, 1.165) is 5.56 Å². The van der Waals surface area contributed by atoms with E-state index in [1.165, 1.54) is 7.11 Å². The molecule has 5 nitrogen and oxygen atoms in total. The molecule has 5 heteroatoms. The molecule has 0 aliphatic heterocycles. The van der Waals surface area contributed by atoms with E-state index in [1.54, 1.807) is 37.3 Å². The minimum Gasteiger partial charge on any atom is -0.465 e. The summed E-state index contributed by atoms with van der Waals surface area (Å²) in [5, 5.41) is 2.84. The normalized spacial score (nSPS) is 11.3. The Kier molecular flexibility index (Phi) is 7.79. The van der Waals surface area contributed by atoms with Crippen LogP contribution in [0.25, 0.3) is 0 Å². The lowest BCUT2D eigenvalue weighted by molar-refractivity contribution is -0.126. The Hall–Kier alpha value is -3.10. The van der Waals surface area contributed by atoms with Crippen molar-refractivity contribution in [1.82, 2.24) is 0 Å². The highest BCUT2D eigenvalue weighted by atomic mass is 16.5. The van der Waals surface area contributed by atoms with Crippen molar-refractivity contribution in [2.24, 2.45) is 5.92 Å². The molecule has 2 rings (SSSR count). The number of nitrogens with one attached hydrogen (secondary N) is 1. The van der Waals surface area contributed by atoms with Crippen molar-refractivity contribution in [3.8, 4) is 11.8 Å². The average molecular weight is 379 g/mol. The molecule has 0 bridgehead atoms. The van der Waals surface area contributed by atoms with Crippen molar-refractivity contribution in [2.45, 2.75) is 26.9 Å². The van der Waals surface area contributed by atoms with Crippen molar-refractivity contribution < 1.29 is 19.1 Å².